The lowest BCUT2D eigenvalue weighted by Gasteiger charge is -2.23. The Bertz CT molecular complexity index is 1480. The van der Waals surface area contributed by atoms with Crippen molar-refractivity contribution >= 4 is 46.8 Å². The van der Waals surface area contributed by atoms with Crippen LogP contribution in [0.5, 0.6) is 11.5 Å². The summed E-state index contributed by atoms with van der Waals surface area (Å²) < 4.78 is 69.7. The summed E-state index contributed by atoms with van der Waals surface area (Å²) >= 11 is 7.45. The van der Waals surface area contributed by atoms with E-state index < -0.39 is 40.3 Å². The topological polar surface area (TPSA) is 96.4 Å². The molecule has 1 saturated carbocycles. The number of anilines is 3. The maximum Gasteiger partial charge on any atom is 0.425 e. The highest BCUT2D eigenvalue weighted by Gasteiger charge is 2.43. The quantitative estimate of drug-likeness (QED) is 0.177. The molecule has 1 aliphatic rings. The van der Waals surface area contributed by atoms with Gasteiger partial charge in [-0.2, -0.15) is 13.2 Å². The summed E-state index contributed by atoms with van der Waals surface area (Å²) in [5, 5.41) is 5.17. The average Bonchev–Trinajstić information content (AvgIpc) is 3.67. The Balaban J connectivity index is 1.97. The van der Waals surface area contributed by atoms with Gasteiger partial charge in [-0.05, 0) is 56.6 Å². The Kier molecular flexibility index (Phi) is 8.33. The van der Waals surface area contributed by atoms with Gasteiger partial charge >= 0.3 is 6.18 Å². The minimum atomic E-state index is -5.21. The van der Waals surface area contributed by atoms with Gasteiger partial charge in [0.15, 0.2) is 11.3 Å². The molecule has 0 atom stereocenters. The van der Waals surface area contributed by atoms with Crippen molar-refractivity contribution in [2.45, 2.75) is 32.0 Å². The van der Waals surface area contributed by atoms with Gasteiger partial charge in [0.1, 0.15) is 28.0 Å². The van der Waals surface area contributed by atoms with Crippen LogP contribution in [-0.4, -0.2) is 23.6 Å². The molecule has 1 aromatic heterocycles. The summed E-state index contributed by atoms with van der Waals surface area (Å²) in [6.07, 6.45) is -3.94. The zero-order chi connectivity index (χ0) is 28.5. The lowest BCUT2D eigenvalue weighted by Crippen LogP contribution is -2.34. The second kappa shape index (κ2) is 11.4. The molecule has 0 radical (unpaired) electrons. The number of halogens is 5. The van der Waals surface area contributed by atoms with Gasteiger partial charge in [0.05, 0.1) is 11.4 Å². The smallest absolute Gasteiger partial charge is 0.425 e. The lowest BCUT2D eigenvalue weighted by molar-refractivity contribution is -0.139. The number of carbonyl (C=O) groups excluding carboxylic acids is 1. The first-order chi connectivity index (χ1) is 18.4. The summed E-state index contributed by atoms with van der Waals surface area (Å²) in [5.74, 6) is -3.36. The third-order valence-corrected chi connectivity index (χ3v) is 6.70. The average molecular weight is 586 g/mol. The normalized spacial score (nSPS) is 13.2. The van der Waals surface area contributed by atoms with Gasteiger partial charge < -0.3 is 20.1 Å². The number of benzene rings is 2. The number of rotatable bonds is 9. The maximum absolute atomic E-state index is 14.7. The van der Waals surface area contributed by atoms with Crippen molar-refractivity contribution in [1.29, 1.82) is 0 Å². The van der Waals surface area contributed by atoms with Gasteiger partial charge in [-0.3, -0.25) is 14.2 Å². The van der Waals surface area contributed by atoms with Gasteiger partial charge in [0.2, 0.25) is 0 Å². The molecule has 0 saturated heterocycles. The summed E-state index contributed by atoms with van der Waals surface area (Å²) in [4.78, 5) is 26.5. The number of alkyl halides is 3. The van der Waals surface area contributed by atoms with Gasteiger partial charge in [-0.1, -0.05) is 23.7 Å². The van der Waals surface area contributed by atoms with Gasteiger partial charge in [-0.15, -0.1) is 0 Å². The SMILES string of the molecule is CNSNc1cccc(Oc2c(C(=O)NC3CC3)c(Nc3ccc(C)cc3F)n(C)c(=O)c2C(F)(F)F)c1Cl. The highest BCUT2D eigenvalue weighted by molar-refractivity contribution is 7.98. The molecule has 1 amide bonds. The third kappa shape index (κ3) is 6.26. The molecule has 1 aliphatic carbocycles. The van der Waals surface area contributed by atoms with Crippen molar-refractivity contribution in [2.24, 2.45) is 7.05 Å². The minimum Gasteiger partial charge on any atom is -0.454 e. The van der Waals surface area contributed by atoms with E-state index in [0.717, 1.165) is 19.2 Å². The monoisotopic (exact) mass is 585 g/mol. The van der Waals surface area contributed by atoms with Crippen LogP contribution in [0.25, 0.3) is 0 Å². The summed E-state index contributed by atoms with van der Waals surface area (Å²) in [5.41, 5.74) is -3.11. The molecule has 8 nitrogen and oxygen atoms in total. The second-order valence-corrected chi connectivity index (χ2v) is 9.97. The van der Waals surface area contributed by atoms with E-state index in [1.807, 2.05) is 0 Å². The number of amides is 1. The van der Waals surface area contributed by atoms with Crippen LogP contribution in [0.3, 0.4) is 0 Å². The van der Waals surface area contributed by atoms with Gasteiger partial charge in [0, 0.05) is 25.2 Å². The van der Waals surface area contributed by atoms with Crippen molar-refractivity contribution in [2.75, 3.05) is 17.1 Å². The number of aryl methyl sites for hydroxylation is 1. The lowest BCUT2D eigenvalue weighted by atomic mass is 10.1. The van der Waals surface area contributed by atoms with Crippen molar-refractivity contribution in [3.63, 3.8) is 0 Å². The summed E-state index contributed by atoms with van der Waals surface area (Å²) in [6.45, 7) is 1.66. The van der Waals surface area contributed by atoms with E-state index in [9.17, 15) is 27.2 Å². The second-order valence-electron chi connectivity index (χ2n) is 8.77. The molecule has 0 spiro atoms. The molecule has 0 aliphatic heterocycles. The number of ether oxygens (including phenoxy) is 1. The predicted octanol–water partition coefficient (Wildman–Crippen LogP) is 6.13. The fourth-order valence-corrected chi connectivity index (χ4v) is 4.34. The third-order valence-electron chi connectivity index (χ3n) is 5.78. The molecule has 2 aromatic carbocycles. The maximum atomic E-state index is 14.7. The highest BCUT2D eigenvalue weighted by Crippen LogP contribution is 2.44. The molecule has 4 N–H and O–H groups in total. The van der Waals surface area contributed by atoms with Crippen LogP contribution in [0.2, 0.25) is 5.02 Å². The van der Waals surface area contributed by atoms with Crippen molar-refractivity contribution in [3.05, 3.63) is 74.3 Å². The van der Waals surface area contributed by atoms with E-state index in [1.165, 1.54) is 24.3 Å². The van der Waals surface area contributed by atoms with Gasteiger partial charge in [0.25, 0.3) is 11.5 Å². The standard InChI is InChI=1S/C25H24ClF4N5O3S/c1-12-7-10-15(14(27)11-12)33-22-18(23(36)32-13-8-9-13)21(19(25(28,29)30)24(37)35(22)3)38-17-6-4-5-16(20(17)26)34-39-31-2/h4-7,10-11,13,31,33-34H,8-9H2,1-3H3,(H,32,36). The van der Waals surface area contributed by atoms with Crippen LogP contribution < -0.4 is 30.4 Å². The Morgan fingerprint density at radius 1 is 1.18 bits per heavy atom. The number of nitrogens with one attached hydrogen (secondary N) is 4. The Hall–Kier alpha value is -3.42. The van der Waals surface area contributed by atoms with Crippen LogP contribution in [0.15, 0.2) is 41.2 Å². The van der Waals surface area contributed by atoms with Crippen LogP contribution in [0, 0.1) is 12.7 Å². The fraction of sp³-hybridized carbons (Fsp3) is 0.280. The number of hydrogen-bond acceptors (Lipinski definition) is 7. The van der Waals surface area contributed by atoms with E-state index in [1.54, 1.807) is 26.1 Å². The molecule has 3 aromatic rings. The van der Waals surface area contributed by atoms with E-state index in [2.05, 4.69) is 20.1 Å². The summed E-state index contributed by atoms with van der Waals surface area (Å²) in [6, 6.07) is 8.19. The highest BCUT2D eigenvalue weighted by atomic mass is 35.5. The summed E-state index contributed by atoms with van der Waals surface area (Å²) in [7, 11) is 2.69. The number of carbonyl (C=O) groups is 1. The van der Waals surface area contributed by atoms with E-state index in [-0.39, 0.29) is 28.3 Å². The van der Waals surface area contributed by atoms with Gasteiger partial charge in [-0.25, -0.2) is 9.11 Å². The Morgan fingerprint density at radius 2 is 1.90 bits per heavy atom. The van der Waals surface area contributed by atoms with E-state index in [4.69, 9.17) is 16.3 Å². The first-order valence-corrected chi connectivity index (χ1v) is 12.8. The zero-order valence-corrected chi connectivity index (χ0v) is 22.5. The van der Waals surface area contributed by atoms with Crippen molar-refractivity contribution < 1.29 is 27.1 Å². The number of pyridine rings is 1. The first kappa shape index (κ1) is 28.6. The predicted molar refractivity (Wildman–Crippen MR) is 143 cm³/mol. The van der Waals surface area contributed by atoms with Crippen molar-refractivity contribution in [3.8, 4) is 11.5 Å². The van der Waals surface area contributed by atoms with Crippen molar-refractivity contribution in [1.82, 2.24) is 14.6 Å². The number of aromatic nitrogens is 1. The number of nitrogens with zero attached hydrogens (tertiary/aromatic N) is 1. The molecule has 39 heavy (non-hydrogen) atoms. The van der Waals surface area contributed by atoms with Crippen LogP contribution >= 0.6 is 23.7 Å². The van der Waals surface area contributed by atoms with Crippen LogP contribution in [-0.2, 0) is 13.2 Å². The zero-order valence-electron chi connectivity index (χ0n) is 20.9. The molecule has 0 bridgehead atoms. The van der Waals surface area contributed by atoms with Crippen LogP contribution in [0.1, 0.15) is 34.3 Å². The molecule has 1 fully saturated rings. The number of hydrogen-bond donors (Lipinski definition) is 4. The molecule has 4 rings (SSSR count). The Labute approximate surface area is 230 Å². The largest absolute Gasteiger partial charge is 0.454 e. The van der Waals surface area contributed by atoms with E-state index in [0.29, 0.717) is 28.7 Å². The van der Waals surface area contributed by atoms with Crippen LogP contribution in [0.4, 0.5) is 34.8 Å². The molecular formula is C25H24ClF4N5O3S. The Morgan fingerprint density at radius 3 is 2.51 bits per heavy atom. The molecule has 14 heteroatoms. The molecule has 1 heterocycles. The molecule has 0 unspecified atom stereocenters. The molecular weight excluding hydrogens is 562 g/mol. The minimum absolute atomic E-state index is 0.0957. The van der Waals surface area contributed by atoms with E-state index >= 15 is 0 Å². The first-order valence-electron chi connectivity index (χ1n) is 11.7. The fourth-order valence-electron chi connectivity index (χ4n) is 3.69. The molecule has 208 valence electrons.